The Balaban J connectivity index is 2.62. The summed E-state index contributed by atoms with van der Waals surface area (Å²) in [6.45, 7) is 5.86. The Morgan fingerprint density at radius 2 is 2.00 bits per heavy atom. The molecule has 2 nitrogen and oxygen atoms in total. The highest BCUT2D eigenvalue weighted by Crippen LogP contribution is 2.31. The molecule has 0 aliphatic carbocycles. The van der Waals surface area contributed by atoms with E-state index in [4.69, 9.17) is 11.6 Å². The van der Waals surface area contributed by atoms with Gasteiger partial charge in [-0.3, -0.25) is 0 Å². The van der Waals surface area contributed by atoms with Gasteiger partial charge in [-0.2, -0.15) is 5.10 Å². The summed E-state index contributed by atoms with van der Waals surface area (Å²) >= 11 is 5.93. The number of aromatic nitrogens is 2. The minimum absolute atomic E-state index is 0.128. The zero-order valence-electron chi connectivity index (χ0n) is 10.0. The molecule has 0 atom stereocenters. The van der Waals surface area contributed by atoms with Crippen molar-refractivity contribution in [2.24, 2.45) is 0 Å². The molecule has 0 spiro atoms. The van der Waals surface area contributed by atoms with Gasteiger partial charge in [0.15, 0.2) is 0 Å². The summed E-state index contributed by atoms with van der Waals surface area (Å²) in [6.07, 6.45) is 3.48. The molecule has 4 heteroatoms. The van der Waals surface area contributed by atoms with Crippen molar-refractivity contribution in [2.45, 2.75) is 26.2 Å². The van der Waals surface area contributed by atoms with E-state index < -0.39 is 0 Å². The summed E-state index contributed by atoms with van der Waals surface area (Å²) in [5.74, 6) is -0.352. The van der Waals surface area contributed by atoms with Crippen molar-refractivity contribution < 1.29 is 4.39 Å². The summed E-state index contributed by atoms with van der Waals surface area (Å²) in [5, 5.41) is 4.24. The first-order valence-corrected chi connectivity index (χ1v) is 5.77. The van der Waals surface area contributed by atoms with E-state index in [1.165, 1.54) is 0 Å². The number of benzene rings is 1. The van der Waals surface area contributed by atoms with Crippen molar-refractivity contribution >= 4 is 11.6 Å². The molecule has 0 bridgehead atoms. The van der Waals surface area contributed by atoms with Gasteiger partial charge in [0.05, 0.1) is 10.7 Å². The second kappa shape index (κ2) is 4.15. The van der Waals surface area contributed by atoms with E-state index in [1.54, 1.807) is 29.2 Å². The first kappa shape index (κ1) is 12.1. The number of halogens is 2. The average molecular weight is 253 g/mol. The molecule has 1 heterocycles. The van der Waals surface area contributed by atoms with Crippen LogP contribution in [-0.4, -0.2) is 9.78 Å². The van der Waals surface area contributed by atoms with E-state index in [0.29, 0.717) is 5.56 Å². The van der Waals surface area contributed by atoms with Gasteiger partial charge in [0.25, 0.3) is 0 Å². The Morgan fingerprint density at radius 3 is 2.53 bits per heavy atom. The maximum absolute atomic E-state index is 14.0. The summed E-state index contributed by atoms with van der Waals surface area (Å²) in [5.41, 5.74) is 1.07. The Labute approximate surface area is 105 Å². The lowest BCUT2D eigenvalue weighted by Gasteiger charge is -2.21. The molecule has 2 rings (SSSR count). The second-order valence-electron chi connectivity index (χ2n) is 4.99. The van der Waals surface area contributed by atoms with Gasteiger partial charge in [-0.1, -0.05) is 32.4 Å². The van der Waals surface area contributed by atoms with Gasteiger partial charge in [-0.05, 0) is 29.2 Å². The summed E-state index contributed by atoms with van der Waals surface area (Å²) in [6, 6.07) is 5.18. The molecule has 0 unspecified atom stereocenters. The van der Waals surface area contributed by atoms with E-state index in [-0.39, 0.29) is 16.3 Å². The molecule has 0 aliphatic rings. The Hall–Kier alpha value is -1.35. The van der Waals surface area contributed by atoms with Crippen LogP contribution >= 0.6 is 11.6 Å². The number of nitrogens with zero attached hydrogens (tertiary/aromatic N) is 2. The SMILES string of the molecule is CC(C)(C)c1cc(-n2cccn2)cc(Cl)c1F. The molecule has 0 fully saturated rings. The Bertz CT molecular complexity index is 527. The van der Waals surface area contributed by atoms with Crippen molar-refractivity contribution in [1.82, 2.24) is 9.78 Å². The van der Waals surface area contributed by atoms with E-state index in [9.17, 15) is 4.39 Å². The first-order valence-electron chi connectivity index (χ1n) is 5.39. The lowest BCUT2D eigenvalue weighted by molar-refractivity contribution is 0.522. The third-order valence-corrected chi connectivity index (χ3v) is 2.86. The number of hydrogen-bond donors (Lipinski definition) is 0. The molecule has 0 amide bonds. The predicted octanol–water partition coefficient (Wildman–Crippen LogP) is 3.96. The molecule has 90 valence electrons. The summed E-state index contributed by atoms with van der Waals surface area (Å²) in [7, 11) is 0. The molecule has 1 aromatic heterocycles. The highest BCUT2D eigenvalue weighted by molar-refractivity contribution is 6.31. The van der Waals surface area contributed by atoms with Crippen molar-refractivity contribution in [3.05, 3.63) is 47.0 Å². The van der Waals surface area contributed by atoms with Crippen LogP contribution < -0.4 is 0 Å². The van der Waals surface area contributed by atoms with Crippen molar-refractivity contribution in [3.63, 3.8) is 0 Å². The van der Waals surface area contributed by atoms with E-state index in [1.807, 2.05) is 26.8 Å². The normalized spacial score (nSPS) is 11.8. The molecule has 0 saturated carbocycles. The molecule has 0 aliphatic heterocycles. The zero-order valence-corrected chi connectivity index (χ0v) is 10.8. The molecular weight excluding hydrogens is 239 g/mol. The standard InChI is InChI=1S/C13H14ClFN2/c1-13(2,3)10-7-9(8-11(14)12(10)15)17-6-4-5-16-17/h4-8H,1-3H3. The van der Waals surface area contributed by atoms with Crippen molar-refractivity contribution in [3.8, 4) is 5.69 Å². The lowest BCUT2D eigenvalue weighted by atomic mass is 9.86. The maximum Gasteiger partial charge on any atom is 0.145 e. The van der Waals surface area contributed by atoms with Crippen LogP contribution in [0, 0.1) is 5.82 Å². The zero-order chi connectivity index (χ0) is 12.6. The minimum atomic E-state index is -0.352. The van der Waals surface area contributed by atoms with E-state index in [2.05, 4.69) is 5.10 Å². The van der Waals surface area contributed by atoms with Crippen LogP contribution in [-0.2, 0) is 5.41 Å². The Morgan fingerprint density at radius 1 is 1.29 bits per heavy atom. The van der Waals surface area contributed by atoms with Crippen molar-refractivity contribution in [1.29, 1.82) is 0 Å². The summed E-state index contributed by atoms with van der Waals surface area (Å²) in [4.78, 5) is 0. The van der Waals surface area contributed by atoms with Crippen LogP contribution in [0.25, 0.3) is 5.69 Å². The quantitative estimate of drug-likeness (QED) is 0.751. The molecule has 0 saturated heterocycles. The Kier molecular flexibility index (Phi) is 2.96. The third-order valence-electron chi connectivity index (χ3n) is 2.59. The fourth-order valence-corrected chi connectivity index (χ4v) is 1.89. The largest absolute Gasteiger partial charge is 0.241 e. The molecule has 2 aromatic rings. The van der Waals surface area contributed by atoms with Crippen LogP contribution in [0.5, 0.6) is 0 Å². The fraction of sp³-hybridized carbons (Fsp3) is 0.308. The van der Waals surface area contributed by atoms with Crippen LogP contribution in [0.3, 0.4) is 0 Å². The highest BCUT2D eigenvalue weighted by atomic mass is 35.5. The third kappa shape index (κ3) is 2.34. The molecule has 17 heavy (non-hydrogen) atoms. The van der Waals surface area contributed by atoms with Crippen LogP contribution in [0.15, 0.2) is 30.6 Å². The van der Waals surface area contributed by atoms with Crippen molar-refractivity contribution in [2.75, 3.05) is 0 Å². The van der Waals surface area contributed by atoms with E-state index >= 15 is 0 Å². The van der Waals surface area contributed by atoms with Gasteiger partial charge in [-0.25, -0.2) is 9.07 Å². The van der Waals surface area contributed by atoms with Crippen LogP contribution in [0.1, 0.15) is 26.3 Å². The van der Waals surface area contributed by atoms with Gasteiger partial charge in [0.1, 0.15) is 5.82 Å². The van der Waals surface area contributed by atoms with Gasteiger partial charge in [0.2, 0.25) is 0 Å². The lowest BCUT2D eigenvalue weighted by Crippen LogP contribution is -2.15. The second-order valence-corrected chi connectivity index (χ2v) is 5.40. The van der Waals surface area contributed by atoms with Gasteiger partial charge >= 0.3 is 0 Å². The predicted molar refractivity (Wildman–Crippen MR) is 67.2 cm³/mol. The monoisotopic (exact) mass is 252 g/mol. The molecule has 0 radical (unpaired) electrons. The van der Waals surface area contributed by atoms with Crippen LogP contribution in [0.4, 0.5) is 4.39 Å². The highest BCUT2D eigenvalue weighted by Gasteiger charge is 2.21. The molecular formula is C13H14ClFN2. The molecule has 1 aromatic carbocycles. The van der Waals surface area contributed by atoms with Crippen LogP contribution in [0.2, 0.25) is 5.02 Å². The first-order chi connectivity index (χ1) is 7.89. The smallest absolute Gasteiger partial charge is 0.145 e. The van der Waals surface area contributed by atoms with Gasteiger partial charge in [0, 0.05) is 12.4 Å². The van der Waals surface area contributed by atoms with Gasteiger partial charge in [-0.15, -0.1) is 0 Å². The fourth-order valence-electron chi connectivity index (χ4n) is 1.67. The van der Waals surface area contributed by atoms with Gasteiger partial charge < -0.3 is 0 Å². The summed E-state index contributed by atoms with van der Waals surface area (Å²) < 4.78 is 15.6. The molecule has 0 N–H and O–H groups in total. The number of hydrogen-bond acceptors (Lipinski definition) is 1. The number of rotatable bonds is 1. The maximum atomic E-state index is 14.0. The minimum Gasteiger partial charge on any atom is -0.241 e. The topological polar surface area (TPSA) is 17.8 Å². The average Bonchev–Trinajstić information content (AvgIpc) is 2.73. The van der Waals surface area contributed by atoms with E-state index in [0.717, 1.165) is 5.69 Å².